The monoisotopic (exact) mass is 258 g/mol. The zero-order valence-electron chi connectivity index (χ0n) is 11.7. The number of rotatable bonds is 1. The van der Waals surface area contributed by atoms with Crippen molar-refractivity contribution in [1.29, 1.82) is 0 Å². The molecule has 3 heteroatoms. The normalized spacial score (nSPS) is 29.8. The maximum absolute atomic E-state index is 12.8. The van der Waals surface area contributed by atoms with Gasteiger partial charge in [0.1, 0.15) is 0 Å². The predicted molar refractivity (Wildman–Crippen MR) is 77.2 cm³/mol. The maximum Gasteiger partial charge on any atom is 0.230 e. The largest absolute Gasteiger partial charge is 0.385 e. The molecule has 19 heavy (non-hydrogen) atoms. The molecule has 1 amide bonds. The van der Waals surface area contributed by atoms with E-state index in [0.29, 0.717) is 17.9 Å². The first-order valence-corrected chi connectivity index (χ1v) is 7.30. The second-order valence-electron chi connectivity index (χ2n) is 6.04. The lowest BCUT2D eigenvalue weighted by atomic mass is 9.89. The molecule has 3 unspecified atom stereocenters. The van der Waals surface area contributed by atoms with Crippen LogP contribution in [0.2, 0.25) is 0 Å². The van der Waals surface area contributed by atoms with E-state index in [2.05, 4.69) is 36.2 Å². The standard InChI is InChI=1S/C16H22N2O/c1-11-9-12(2)18(10-11)16(19)14-7-8-17-15-6-4-3-5-13(14)15/h3-6,11-12,14,17H,7-10H2,1-2H3. The first-order chi connectivity index (χ1) is 9.16. The smallest absolute Gasteiger partial charge is 0.230 e. The molecule has 1 fully saturated rings. The van der Waals surface area contributed by atoms with Gasteiger partial charge < -0.3 is 10.2 Å². The van der Waals surface area contributed by atoms with Gasteiger partial charge in [0.25, 0.3) is 0 Å². The lowest BCUT2D eigenvalue weighted by molar-refractivity contribution is -0.133. The molecule has 1 aromatic carbocycles. The number of carbonyl (C=O) groups excluding carboxylic acids is 1. The highest BCUT2D eigenvalue weighted by Crippen LogP contribution is 2.35. The highest BCUT2D eigenvalue weighted by Gasteiger charge is 2.36. The summed E-state index contributed by atoms with van der Waals surface area (Å²) in [6, 6.07) is 8.62. The third-order valence-corrected chi connectivity index (χ3v) is 4.45. The van der Waals surface area contributed by atoms with Crippen LogP contribution in [0.4, 0.5) is 5.69 Å². The Balaban J connectivity index is 1.85. The molecule has 2 aliphatic heterocycles. The number of para-hydroxylation sites is 1. The van der Waals surface area contributed by atoms with Gasteiger partial charge in [-0.05, 0) is 37.3 Å². The third kappa shape index (κ3) is 2.22. The summed E-state index contributed by atoms with van der Waals surface area (Å²) in [7, 11) is 0. The summed E-state index contributed by atoms with van der Waals surface area (Å²) < 4.78 is 0. The Labute approximate surface area is 115 Å². The second-order valence-corrected chi connectivity index (χ2v) is 6.04. The number of carbonyl (C=O) groups is 1. The Morgan fingerprint density at radius 3 is 2.84 bits per heavy atom. The average molecular weight is 258 g/mol. The molecule has 102 valence electrons. The van der Waals surface area contributed by atoms with E-state index in [1.807, 2.05) is 12.1 Å². The molecule has 0 saturated carbocycles. The zero-order valence-corrected chi connectivity index (χ0v) is 11.7. The van der Waals surface area contributed by atoms with E-state index >= 15 is 0 Å². The number of amides is 1. The van der Waals surface area contributed by atoms with E-state index in [1.165, 1.54) is 5.56 Å². The summed E-state index contributed by atoms with van der Waals surface area (Å²) in [4.78, 5) is 14.9. The first-order valence-electron chi connectivity index (χ1n) is 7.30. The van der Waals surface area contributed by atoms with Crippen LogP contribution in [0.5, 0.6) is 0 Å². The molecule has 0 spiro atoms. The SMILES string of the molecule is CC1CC(C)N(C(=O)C2CCNc3ccccc32)C1. The number of hydrogen-bond donors (Lipinski definition) is 1. The van der Waals surface area contributed by atoms with Crippen LogP contribution < -0.4 is 5.32 Å². The highest BCUT2D eigenvalue weighted by atomic mass is 16.2. The van der Waals surface area contributed by atoms with Gasteiger partial charge in [0.15, 0.2) is 0 Å². The van der Waals surface area contributed by atoms with Gasteiger partial charge in [-0.3, -0.25) is 4.79 Å². The van der Waals surface area contributed by atoms with Crippen LogP contribution in [0.1, 0.15) is 38.2 Å². The van der Waals surface area contributed by atoms with Crippen molar-refractivity contribution in [2.45, 2.75) is 38.6 Å². The number of benzene rings is 1. The van der Waals surface area contributed by atoms with Crippen molar-refractivity contribution in [3.8, 4) is 0 Å². The van der Waals surface area contributed by atoms with Crippen molar-refractivity contribution in [2.75, 3.05) is 18.4 Å². The highest BCUT2D eigenvalue weighted by molar-refractivity contribution is 5.86. The van der Waals surface area contributed by atoms with Crippen LogP contribution in [0.25, 0.3) is 0 Å². The number of nitrogens with one attached hydrogen (secondary N) is 1. The van der Waals surface area contributed by atoms with Gasteiger partial charge in [-0.2, -0.15) is 0 Å². The minimum Gasteiger partial charge on any atom is -0.385 e. The molecule has 1 saturated heterocycles. The summed E-state index contributed by atoms with van der Waals surface area (Å²) in [5.41, 5.74) is 2.30. The van der Waals surface area contributed by atoms with Crippen LogP contribution in [0, 0.1) is 5.92 Å². The van der Waals surface area contributed by atoms with Gasteiger partial charge in [0, 0.05) is 24.8 Å². The molecule has 1 N–H and O–H groups in total. The number of anilines is 1. The fraction of sp³-hybridized carbons (Fsp3) is 0.562. The van der Waals surface area contributed by atoms with Crippen LogP contribution >= 0.6 is 0 Å². The minimum absolute atomic E-state index is 0.0465. The van der Waals surface area contributed by atoms with Gasteiger partial charge in [0.05, 0.1) is 5.92 Å². The molecule has 1 aromatic rings. The maximum atomic E-state index is 12.8. The number of fused-ring (bicyclic) bond motifs is 1. The van der Waals surface area contributed by atoms with Crippen molar-refractivity contribution in [1.82, 2.24) is 4.90 Å². The Kier molecular flexibility index (Phi) is 3.21. The summed E-state index contributed by atoms with van der Waals surface area (Å²) in [6.45, 7) is 6.23. The van der Waals surface area contributed by atoms with E-state index in [-0.39, 0.29) is 5.92 Å². The molecule has 0 radical (unpaired) electrons. The Bertz CT molecular complexity index is 485. The van der Waals surface area contributed by atoms with Crippen molar-refractivity contribution in [3.63, 3.8) is 0 Å². The van der Waals surface area contributed by atoms with Crippen molar-refractivity contribution < 1.29 is 4.79 Å². The van der Waals surface area contributed by atoms with Crippen molar-refractivity contribution in [2.24, 2.45) is 5.92 Å². The lowest BCUT2D eigenvalue weighted by Gasteiger charge is -2.31. The summed E-state index contributed by atoms with van der Waals surface area (Å²) in [5.74, 6) is 1.01. The second kappa shape index (κ2) is 4.87. The fourth-order valence-electron chi connectivity index (χ4n) is 3.53. The van der Waals surface area contributed by atoms with E-state index in [4.69, 9.17) is 0 Å². The Morgan fingerprint density at radius 1 is 1.32 bits per heavy atom. The van der Waals surface area contributed by atoms with Gasteiger partial charge in [0.2, 0.25) is 5.91 Å². The zero-order chi connectivity index (χ0) is 13.4. The fourth-order valence-corrected chi connectivity index (χ4v) is 3.53. The van der Waals surface area contributed by atoms with E-state index in [9.17, 15) is 4.79 Å². The molecule has 3 nitrogen and oxygen atoms in total. The Morgan fingerprint density at radius 2 is 2.11 bits per heavy atom. The van der Waals surface area contributed by atoms with Crippen LogP contribution in [-0.4, -0.2) is 29.9 Å². The molecule has 0 bridgehead atoms. The molecule has 2 aliphatic rings. The molecular formula is C16H22N2O. The number of nitrogens with zero attached hydrogens (tertiary/aromatic N) is 1. The topological polar surface area (TPSA) is 32.3 Å². The van der Waals surface area contributed by atoms with E-state index < -0.39 is 0 Å². The molecular weight excluding hydrogens is 236 g/mol. The van der Waals surface area contributed by atoms with Crippen LogP contribution in [0.3, 0.4) is 0 Å². The third-order valence-electron chi connectivity index (χ3n) is 4.45. The van der Waals surface area contributed by atoms with Crippen molar-refractivity contribution in [3.05, 3.63) is 29.8 Å². The predicted octanol–water partition coefficient (Wildman–Crippen LogP) is 2.84. The van der Waals surface area contributed by atoms with E-state index in [0.717, 1.165) is 31.6 Å². The quantitative estimate of drug-likeness (QED) is 0.840. The van der Waals surface area contributed by atoms with Crippen molar-refractivity contribution >= 4 is 11.6 Å². The van der Waals surface area contributed by atoms with Gasteiger partial charge in [-0.25, -0.2) is 0 Å². The lowest BCUT2D eigenvalue weighted by Crippen LogP contribution is -2.39. The summed E-state index contributed by atoms with van der Waals surface area (Å²) in [5, 5.41) is 3.39. The first kappa shape index (κ1) is 12.5. The van der Waals surface area contributed by atoms with Crippen LogP contribution in [0.15, 0.2) is 24.3 Å². The number of likely N-dealkylation sites (tertiary alicyclic amines) is 1. The Hall–Kier alpha value is -1.51. The van der Waals surface area contributed by atoms with E-state index in [1.54, 1.807) is 0 Å². The molecule has 3 rings (SSSR count). The molecule has 3 atom stereocenters. The summed E-state index contributed by atoms with van der Waals surface area (Å²) in [6.07, 6.45) is 2.05. The average Bonchev–Trinajstić information content (AvgIpc) is 2.76. The molecule has 2 heterocycles. The minimum atomic E-state index is 0.0465. The molecule has 0 aliphatic carbocycles. The van der Waals surface area contributed by atoms with Gasteiger partial charge in [-0.15, -0.1) is 0 Å². The molecule has 0 aromatic heterocycles. The number of hydrogen-bond acceptors (Lipinski definition) is 2. The van der Waals surface area contributed by atoms with Gasteiger partial charge >= 0.3 is 0 Å². The van der Waals surface area contributed by atoms with Crippen LogP contribution in [-0.2, 0) is 4.79 Å². The van der Waals surface area contributed by atoms with Gasteiger partial charge in [-0.1, -0.05) is 25.1 Å². The summed E-state index contributed by atoms with van der Waals surface area (Å²) >= 11 is 0.